The Morgan fingerprint density at radius 1 is 1.19 bits per heavy atom. The molecule has 0 spiro atoms. The molecular formula is C17H30N2O2. The highest BCUT2D eigenvalue weighted by Gasteiger charge is 2.18. The number of para-hydroxylation sites is 1. The van der Waals surface area contributed by atoms with E-state index in [9.17, 15) is 0 Å². The number of hydrogen-bond donors (Lipinski definition) is 1. The van der Waals surface area contributed by atoms with Gasteiger partial charge in [0, 0.05) is 38.5 Å². The zero-order valence-corrected chi connectivity index (χ0v) is 13.8. The zero-order valence-electron chi connectivity index (χ0n) is 13.8. The lowest BCUT2D eigenvalue weighted by Crippen LogP contribution is -2.39. The number of ether oxygens (including phenoxy) is 2. The van der Waals surface area contributed by atoms with Crippen LogP contribution in [0.3, 0.4) is 0 Å². The van der Waals surface area contributed by atoms with E-state index in [0.29, 0.717) is 19.3 Å². The van der Waals surface area contributed by atoms with Gasteiger partial charge in [0.05, 0.1) is 13.2 Å². The average Bonchev–Trinajstić information content (AvgIpc) is 2.49. The van der Waals surface area contributed by atoms with Gasteiger partial charge in [0.15, 0.2) is 0 Å². The monoisotopic (exact) mass is 294 g/mol. The molecule has 2 N–H and O–H groups in total. The molecule has 1 aromatic carbocycles. The minimum Gasteiger partial charge on any atom is -0.383 e. The van der Waals surface area contributed by atoms with Gasteiger partial charge in [-0.25, -0.2) is 0 Å². The maximum Gasteiger partial charge on any atom is 0.0663 e. The molecule has 21 heavy (non-hydrogen) atoms. The molecule has 4 heteroatoms. The molecule has 0 aliphatic rings. The Hall–Kier alpha value is -1.10. The molecule has 2 unspecified atom stereocenters. The van der Waals surface area contributed by atoms with Crippen molar-refractivity contribution in [2.45, 2.75) is 38.8 Å². The van der Waals surface area contributed by atoms with Crippen molar-refractivity contribution in [3.63, 3.8) is 0 Å². The third-order valence-corrected chi connectivity index (χ3v) is 3.78. The first-order valence-electron chi connectivity index (χ1n) is 7.72. The molecule has 1 aromatic rings. The summed E-state index contributed by atoms with van der Waals surface area (Å²) in [6.07, 6.45) is 1.88. The fourth-order valence-electron chi connectivity index (χ4n) is 2.49. The molecule has 4 nitrogen and oxygen atoms in total. The summed E-state index contributed by atoms with van der Waals surface area (Å²) in [4.78, 5) is 2.35. The van der Waals surface area contributed by atoms with Crippen molar-refractivity contribution in [2.24, 2.45) is 5.73 Å². The number of benzene rings is 1. The Labute approximate surface area is 129 Å². The maximum absolute atomic E-state index is 6.14. The molecule has 0 saturated carbocycles. The van der Waals surface area contributed by atoms with Crippen LogP contribution in [0.25, 0.3) is 0 Å². The van der Waals surface area contributed by atoms with E-state index >= 15 is 0 Å². The van der Waals surface area contributed by atoms with Crippen LogP contribution in [-0.2, 0) is 15.9 Å². The van der Waals surface area contributed by atoms with Crippen molar-refractivity contribution in [2.75, 3.05) is 38.9 Å². The van der Waals surface area contributed by atoms with E-state index in [-0.39, 0.29) is 6.04 Å². The van der Waals surface area contributed by atoms with E-state index in [1.54, 1.807) is 14.2 Å². The van der Waals surface area contributed by atoms with E-state index in [2.05, 4.69) is 43.0 Å². The van der Waals surface area contributed by atoms with Gasteiger partial charge in [-0.15, -0.1) is 0 Å². The van der Waals surface area contributed by atoms with Gasteiger partial charge in [0.25, 0.3) is 0 Å². The molecule has 0 saturated heterocycles. The third-order valence-electron chi connectivity index (χ3n) is 3.78. The topological polar surface area (TPSA) is 47.7 Å². The number of hydrogen-bond acceptors (Lipinski definition) is 4. The van der Waals surface area contributed by atoms with Gasteiger partial charge in [0.2, 0.25) is 0 Å². The second kappa shape index (κ2) is 9.77. The predicted octanol–water partition coefficient (Wildman–Crippen LogP) is 2.45. The Morgan fingerprint density at radius 2 is 1.90 bits per heavy atom. The molecule has 0 aliphatic carbocycles. The average molecular weight is 294 g/mol. The van der Waals surface area contributed by atoms with Crippen LogP contribution >= 0.6 is 0 Å². The summed E-state index contributed by atoms with van der Waals surface area (Å²) >= 11 is 0. The summed E-state index contributed by atoms with van der Waals surface area (Å²) in [6.45, 7) is 6.54. The molecule has 0 heterocycles. The third kappa shape index (κ3) is 5.65. The lowest BCUT2D eigenvalue weighted by molar-refractivity contribution is 0.171. The lowest BCUT2D eigenvalue weighted by atomic mass is 10.0. The first-order valence-corrected chi connectivity index (χ1v) is 7.72. The van der Waals surface area contributed by atoms with E-state index < -0.39 is 0 Å². The predicted molar refractivity (Wildman–Crippen MR) is 89.0 cm³/mol. The number of rotatable bonds is 10. The Morgan fingerprint density at radius 3 is 2.52 bits per heavy atom. The van der Waals surface area contributed by atoms with E-state index in [1.807, 2.05) is 0 Å². The Bertz CT molecular complexity index is 398. The van der Waals surface area contributed by atoms with Crippen molar-refractivity contribution in [1.29, 1.82) is 0 Å². The summed E-state index contributed by atoms with van der Waals surface area (Å²) in [5.41, 5.74) is 8.68. The standard InChI is InChI=1S/C17H30N2O2/c1-5-16(18)12-15-8-6-7-9-17(15)19(10-11-20-3)14(2)13-21-4/h6-9,14,16H,5,10-13,18H2,1-4H3. The van der Waals surface area contributed by atoms with Crippen molar-refractivity contribution in [3.8, 4) is 0 Å². The zero-order chi connectivity index (χ0) is 15.7. The SMILES string of the molecule is CCC(N)Cc1ccccc1N(CCOC)C(C)COC. The highest BCUT2D eigenvalue weighted by molar-refractivity contribution is 5.54. The Kier molecular flexibility index (Phi) is 8.35. The highest BCUT2D eigenvalue weighted by atomic mass is 16.5. The molecule has 0 aromatic heterocycles. The summed E-state index contributed by atoms with van der Waals surface area (Å²) < 4.78 is 10.6. The molecule has 0 bridgehead atoms. The second-order valence-electron chi connectivity index (χ2n) is 5.49. The molecule has 0 amide bonds. The summed E-state index contributed by atoms with van der Waals surface area (Å²) in [5, 5.41) is 0. The van der Waals surface area contributed by atoms with Gasteiger partial charge in [-0.1, -0.05) is 25.1 Å². The first kappa shape index (κ1) is 18.0. The lowest BCUT2D eigenvalue weighted by Gasteiger charge is -2.33. The van der Waals surface area contributed by atoms with Crippen LogP contribution in [0.15, 0.2) is 24.3 Å². The molecule has 0 aliphatic heterocycles. The number of nitrogens with zero attached hydrogens (tertiary/aromatic N) is 1. The molecular weight excluding hydrogens is 264 g/mol. The minimum absolute atomic E-state index is 0.202. The largest absolute Gasteiger partial charge is 0.383 e. The molecule has 0 radical (unpaired) electrons. The van der Waals surface area contributed by atoms with Gasteiger partial charge in [0.1, 0.15) is 0 Å². The molecule has 1 rings (SSSR count). The van der Waals surface area contributed by atoms with E-state index in [1.165, 1.54) is 11.3 Å². The molecule has 120 valence electrons. The van der Waals surface area contributed by atoms with Gasteiger partial charge in [-0.3, -0.25) is 0 Å². The van der Waals surface area contributed by atoms with Crippen molar-refractivity contribution in [3.05, 3.63) is 29.8 Å². The number of nitrogens with two attached hydrogens (primary N) is 1. The summed E-state index contributed by atoms with van der Waals surface area (Å²) in [7, 11) is 3.47. The molecule has 2 atom stereocenters. The maximum atomic E-state index is 6.14. The smallest absolute Gasteiger partial charge is 0.0663 e. The highest BCUT2D eigenvalue weighted by Crippen LogP contribution is 2.24. The first-order chi connectivity index (χ1) is 10.1. The van der Waals surface area contributed by atoms with Gasteiger partial charge in [-0.2, -0.15) is 0 Å². The van der Waals surface area contributed by atoms with E-state index in [4.69, 9.17) is 15.2 Å². The van der Waals surface area contributed by atoms with Crippen LogP contribution in [0.5, 0.6) is 0 Å². The van der Waals surface area contributed by atoms with Gasteiger partial charge >= 0.3 is 0 Å². The van der Waals surface area contributed by atoms with Crippen molar-refractivity contribution < 1.29 is 9.47 Å². The summed E-state index contributed by atoms with van der Waals surface area (Å²) in [5.74, 6) is 0. The Balaban J connectivity index is 2.99. The summed E-state index contributed by atoms with van der Waals surface area (Å²) in [6, 6.07) is 8.99. The van der Waals surface area contributed by atoms with Crippen LogP contribution in [0.2, 0.25) is 0 Å². The van der Waals surface area contributed by atoms with Crippen molar-refractivity contribution in [1.82, 2.24) is 0 Å². The fourth-order valence-corrected chi connectivity index (χ4v) is 2.49. The quantitative estimate of drug-likeness (QED) is 0.720. The van der Waals surface area contributed by atoms with Gasteiger partial charge < -0.3 is 20.1 Å². The number of methoxy groups -OCH3 is 2. The number of anilines is 1. The van der Waals surface area contributed by atoms with Crippen LogP contribution in [0.1, 0.15) is 25.8 Å². The van der Waals surface area contributed by atoms with Crippen LogP contribution in [0, 0.1) is 0 Å². The second-order valence-corrected chi connectivity index (χ2v) is 5.49. The molecule has 0 fully saturated rings. The van der Waals surface area contributed by atoms with Crippen LogP contribution in [0.4, 0.5) is 5.69 Å². The van der Waals surface area contributed by atoms with E-state index in [0.717, 1.165) is 19.4 Å². The van der Waals surface area contributed by atoms with Crippen LogP contribution in [-0.4, -0.2) is 46.1 Å². The van der Waals surface area contributed by atoms with Gasteiger partial charge in [-0.05, 0) is 31.4 Å². The fraction of sp³-hybridized carbons (Fsp3) is 0.647. The normalized spacial score (nSPS) is 14.0. The van der Waals surface area contributed by atoms with Crippen molar-refractivity contribution >= 4 is 5.69 Å². The van der Waals surface area contributed by atoms with Crippen LogP contribution < -0.4 is 10.6 Å². The minimum atomic E-state index is 0.202.